The van der Waals surface area contributed by atoms with E-state index in [2.05, 4.69) is 15.3 Å². The van der Waals surface area contributed by atoms with Crippen LogP contribution in [0.5, 0.6) is 0 Å². The van der Waals surface area contributed by atoms with Gasteiger partial charge in [-0.1, -0.05) is 0 Å². The van der Waals surface area contributed by atoms with E-state index in [9.17, 15) is 14.4 Å². The van der Waals surface area contributed by atoms with E-state index >= 15 is 4.39 Å². The van der Waals surface area contributed by atoms with Crippen molar-refractivity contribution in [2.45, 2.75) is 64.4 Å². The van der Waals surface area contributed by atoms with Crippen molar-refractivity contribution in [2.75, 3.05) is 44.2 Å². The summed E-state index contributed by atoms with van der Waals surface area (Å²) in [7, 11) is 1.79. The zero-order valence-corrected chi connectivity index (χ0v) is 23.3. The third-order valence-corrected chi connectivity index (χ3v) is 8.07. The number of fused-ring (bicyclic) bond motifs is 1. The van der Waals surface area contributed by atoms with E-state index in [1.807, 2.05) is 31.7 Å². The fraction of sp³-hybridized carbons (Fsp3) is 0.643. The molecule has 0 saturated carbocycles. The number of carbonyl (C=O) groups excluding carboxylic acids is 3. The number of imide groups is 1. The van der Waals surface area contributed by atoms with Gasteiger partial charge < -0.3 is 14.5 Å². The van der Waals surface area contributed by atoms with Crippen molar-refractivity contribution in [3.63, 3.8) is 0 Å². The lowest BCUT2D eigenvalue weighted by atomic mass is 9.87. The highest BCUT2D eigenvalue weighted by molar-refractivity contribution is 6.08. The number of benzene rings is 1. The molecule has 1 N–H and O–H groups in total. The number of anilines is 1. The minimum Gasteiger partial charge on any atom is -0.444 e. The molecular formula is C28H39FN6O4. The van der Waals surface area contributed by atoms with Crippen LogP contribution < -0.4 is 10.2 Å². The van der Waals surface area contributed by atoms with Gasteiger partial charge in [0, 0.05) is 45.0 Å². The second-order valence-electron chi connectivity index (χ2n) is 12.1. The quantitative estimate of drug-likeness (QED) is 0.627. The van der Waals surface area contributed by atoms with E-state index in [-0.39, 0.29) is 36.7 Å². The van der Waals surface area contributed by atoms with Gasteiger partial charge in [-0.2, -0.15) is 5.10 Å². The van der Waals surface area contributed by atoms with Gasteiger partial charge in [-0.05, 0) is 89.1 Å². The van der Waals surface area contributed by atoms with E-state index in [1.54, 1.807) is 11.7 Å². The first-order chi connectivity index (χ1) is 18.5. The zero-order chi connectivity index (χ0) is 27.9. The Hall–Kier alpha value is -3.21. The van der Waals surface area contributed by atoms with Crippen LogP contribution in [0.2, 0.25) is 0 Å². The molecule has 1 aromatic carbocycles. The van der Waals surface area contributed by atoms with Crippen LogP contribution in [0, 0.1) is 11.7 Å². The van der Waals surface area contributed by atoms with Crippen LogP contribution in [-0.4, -0.2) is 82.5 Å². The number of ether oxygens (including phenoxy) is 1. The molecule has 0 radical (unpaired) electrons. The minimum atomic E-state index is -0.529. The minimum absolute atomic E-state index is 0.119. The summed E-state index contributed by atoms with van der Waals surface area (Å²) in [6.07, 6.45) is 3.65. The Labute approximate surface area is 228 Å². The van der Waals surface area contributed by atoms with Crippen LogP contribution >= 0.6 is 0 Å². The Balaban J connectivity index is 1.18. The molecule has 3 fully saturated rings. The number of hydrogen-bond acceptors (Lipinski definition) is 6. The Morgan fingerprint density at radius 1 is 1.08 bits per heavy atom. The molecule has 4 amide bonds. The number of hydrogen-bond donors (Lipinski definition) is 1. The van der Waals surface area contributed by atoms with Crippen molar-refractivity contribution >= 4 is 34.8 Å². The third-order valence-electron chi connectivity index (χ3n) is 8.07. The molecular weight excluding hydrogens is 503 g/mol. The van der Waals surface area contributed by atoms with Gasteiger partial charge in [0.05, 0.1) is 5.52 Å². The normalized spacial score (nSPS) is 20.5. The molecule has 3 saturated heterocycles. The number of aryl methyl sites for hydroxylation is 1. The van der Waals surface area contributed by atoms with Gasteiger partial charge in [0.1, 0.15) is 11.4 Å². The van der Waals surface area contributed by atoms with Crippen LogP contribution in [0.3, 0.4) is 0 Å². The average molecular weight is 543 g/mol. The Morgan fingerprint density at radius 2 is 1.77 bits per heavy atom. The smallest absolute Gasteiger partial charge is 0.410 e. The third kappa shape index (κ3) is 6.03. The number of amides is 4. The summed E-state index contributed by atoms with van der Waals surface area (Å²) in [4.78, 5) is 41.9. The molecule has 2 aromatic rings. The van der Waals surface area contributed by atoms with E-state index in [0.29, 0.717) is 22.7 Å². The zero-order valence-electron chi connectivity index (χ0n) is 23.3. The molecule has 0 aliphatic carbocycles. The Bertz CT molecular complexity index is 1250. The number of nitrogens with zero attached hydrogens (tertiary/aromatic N) is 5. The number of aromatic nitrogens is 2. The number of rotatable bonds is 4. The highest BCUT2D eigenvalue weighted by Gasteiger charge is 2.31. The molecule has 39 heavy (non-hydrogen) atoms. The highest BCUT2D eigenvalue weighted by atomic mass is 19.1. The summed E-state index contributed by atoms with van der Waals surface area (Å²) in [5.41, 5.74) is 0.984. The summed E-state index contributed by atoms with van der Waals surface area (Å²) in [5.74, 6) is 0.439. The number of halogens is 1. The van der Waals surface area contributed by atoms with Crippen molar-refractivity contribution in [3.05, 3.63) is 23.5 Å². The molecule has 3 aliphatic rings. The lowest BCUT2D eigenvalue weighted by Gasteiger charge is -2.38. The van der Waals surface area contributed by atoms with Crippen LogP contribution in [0.4, 0.5) is 19.8 Å². The van der Waals surface area contributed by atoms with E-state index < -0.39 is 11.6 Å². The van der Waals surface area contributed by atoms with Crippen molar-refractivity contribution in [1.82, 2.24) is 24.9 Å². The maximum absolute atomic E-state index is 15.4. The fourth-order valence-corrected chi connectivity index (χ4v) is 5.97. The Kier molecular flexibility index (Phi) is 7.54. The van der Waals surface area contributed by atoms with Gasteiger partial charge in [-0.15, -0.1) is 0 Å². The predicted octanol–water partition coefficient (Wildman–Crippen LogP) is 3.99. The number of carbonyl (C=O) groups is 3. The van der Waals surface area contributed by atoms with E-state index in [0.717, 1.165) is 63.9 Å². The van der Waals surface area contributed by atoms with Crippen molar-refractivity contribution in [2.24, 2.45) is 13.0 Å². The summed E-state index contributed by atoms with van der Waals surface area (Å²) in [6.45, 7) is 10.2. The molecule has 3 aliphatic heterocycles. The summed E-state index contributed by atoms with van der Waals surface area (Å²) >= 11 is 0. The molecule has 212 valence electrons. The summed E-state index contributed by atoms with van der Waals surface area (Å²) < 4.78 is 22.6. The number of urea groups is 1. The number of likely N-dealkylation sites (tertiary alicyclic amines) is 2. The van der Waals surface area contributed by atoms with E-state index in [4.69, 9.17) is 4.74 Å². The van der Waals surface area contributed by atoms with Crippen molar-refractivity contribution < 1.29 is 23.5 Å². The molecule has 10 nitrogen and oxygen atoms in total. The first-order valence-electron chi connectivity index (χ1n) is 14.0. The lowest BCUT2D eigenvalue weighted by molar-refractivity contribution is -0.120. The molecule has 0 unspecified atom stereocenters. The molecule has 0 spiro atoms. The fourth-order valence-electron chi connectivity index (χ4n) is 5.97. The second kappa shape index (κ2) is 10.7. The van der Waals surface area contributed by atoms with Crippen LogP contribution in [0.1, 0.15) is 64.4 Å². The van der Waals surface area contributed by atoms with Gasteiger partial charge in [0.2, 0.25) is 5.91 Å². The molecule has 4 heterocycles. The lowest BCUT2D eigenvalue weighted by Crippen LogP contribution is -2.49. The average Bonchev–Trinajstić information content (AvgIpc) is 3.18. The maximum atomic E-state index is 15.4. The molecule has 1 aromatic heterocycles. The molecule has 5 rings (SSSR count). The molecule has 0 atom stereocenters. The number of piperidine rings is 2. The standard InChI is InChI=1S/C28H39FN6O4/c1-28(2,3)39-27(38)34-12-5-18(6-13-34)17-33-10-7-19(8-11-33)20-16-23-21(15-22(20)29)25(31-32(23)4)35-14-9-24(36)30-26(35)37/h15-16,18-19H,5-14,17H2,1-4H3,(H,30,36,37). The SMILES string of the molecule is Cn1nc(N2CCC(=O)NC2=O)c2cc(F)c(C3CCN(CC4CCN(C(=O)OC(C)(C)C)CC4)CC3)cc21. The van der Waals surface area contributed by atoms with Crippen molar-refractivity contribution in [1.29, 1.82) is 0 Å². The first-order valence-corrected chi connectivity index (χ1v) is 14.0. The Morgan fingerprint density at radius 3 is 2.41 bits per heavy atom. The van der Waals surface area contributed by atoms with Gasteiger partial charge >= 0.3 is 12.1 Å². The van der Waals surface area contributed by atoms with Crippen LogP contribution in [0.15, 0.2) is 12.1 Å². The molecule has 0 bridgehead atoms. The van der Waals surface area contributed by atoms with E-state index in [1.165, 1.54) is 11.0 Å². The predicted molar refractivity (Wildman–Crippen MR) is 145 cm³/mol. The first kappa shape index (κ1) is 27.4. The maximum Gasteiger partial charge on any atom is 0.410 e. The van der Waals surface area contributed by atoms with Gasteiger partial charge in [-0.25, -0.2) is 14.0 Å². The van der Waals surface area contributed by atoms with Crippen molar-refractivity contribution in [3.8, 4) is 0 Å². The monoisotopic (exact) mass is 542 g/mol. The van der Waals surface area contributed by atoms with Gasteiger partial charge in [-0.3, -0.25) is 19.7 Å². The molecule has 11 heteroatoms. The largest absolute Gasteiger partial charge is 0.444 e. The van der Waals surface area contributed by atoms with Crippen LogP contribution in [-0.2, 0) is 16.6 Å². The highest BCUT2D eigenvalue weighted by Crippen LogP contribution is 2.36. The summed E-state index contributed by atoms with van der Waals surface area (Å²) in [6, 6.07) is 2.83. The van der Waals surface area contributed by atoms with Gasteiger partial charge in [0.15, 0.2) is 5.82 Å². The topological polar surface area (TPSA) is 100 Å². The van der Waals surface area contributed by atoms with Gasteiger partial charge in [0.25, 0.3) is 0 Å². The number of nitrogens with one attached hydrogen (secondary N) is 1. The van der Waals surface area contributed by atoms with Crippen LogP contribution in [0.25, 0.3) is 10.9 Å². The summed E-state index contributed by atoms with van der Waals surface area (Å²) in [5, 5.41) is 7.36. The second-order valence-corrected chi connectivity index (χ2v) is 12.1.